The highest BCUT2D eigenvalue weighted by molar-refractivity contribution is 6.32. The number of urea groups is 1. The Kier molecular flexibility index (Phi) is 13.4. The molecule has 5 N–H and O–H groups in total. The maximum absolute atomic E-state index is 12.1. The van der Waals surface area contributed by atoms with Crippen molar-refractivity contribution in [2.45, 2.75) is 71.4 Å². The monoisotopic (exact) mass is 787 g/mol. The van der Waals surface area contributed by atoms with Gasteiger partial charge in [-0.05, 0) is 107 Å². The van der Waals surface area contributed by atoms with Crippen molar-refractivity contribution in [3.8, 4) is 39.8 Å². The summed E-state index contributed by atoms with van der Waals surface area (Å²) in [6.45, 7) is 6.02. The molecule has 2 atom stereocenters. The lowest BCUT2D eigenvalue weighted by Gasteiger charge is -2.28. The van der Waals surface area contributed by atoms with Crippen molar-refractivity contribution in [3.05, 3.63) is 135 Å². The average Bonchev–Trinajstić information content (AvgIpc) is 3.20. The van der Waals surface area contributed by atoms with Crippen LogP contribution in [0.15, 0.2) is 85.2 Å². The molecule has 0 bridgehead atoms. The predicted octanol–water partition coefficient (Wildman–Crippen LogP) is 7.95. The summed E-state index contributed by atoms with van der Waals surface area (Å²) in [5.74, 6) is -0.0910. The highest BCUT2D eigenvalue weighted by Gasteiger charge is 2.23. The normalized spacial score (nSPS) is 13.9. The molecule has 1 unspecified atom stereocenters. The van der Waals surface area contributed by atoms with Gasteiger partial charge >= 0.3 is 12.0 Å². The minimum absolute atomic E-state index is 0.114. The van der Waals surface area contributed by atoms with E-state index >= 15 is 0 Å². The summed E-state index contributed by atoms with van der Waals surface area (Å²) < 4.78 is 12.6. The highest BCUT2D eigenvalue weighted by Crippen LogP contribution is 2.38. The number of aryl methyl sites for hydroxylation is 1. The number of rotatable bonds is 15. The van der Waals surface area contributed by atoms with Gasteiger partial charge in [0.05, 0.1) is 29.2 Å². The molecular formula is C45H46ClN5O6. The lowest BCUT2D eigenvalue weighted by atomic mass is 9.87. The molecule has 0 saturated heterocycles. The van der Waals surface area contributed by atoms with Crippen LogP contribution in [0.2, 0.25) is 5.02 Å². The van der Waals surface area contributed by atoms with E-state index in [0.717, 1.165) is 62.2 Å². The van der Waals surface area contributed by atoms with E-state index in [1.165, 1.54) is 6.20 Å². The fourth-order valence-corrected chi connectivity index (χ4v) is 7.49. The number of aliphatic hydroxyl groups is 1. The second-order valence-electron chi connectivity index (χ2n) is 14.2. The van der Waals surface area contributed by atoms with Crippen LogP contribution in [0.4, 0.5) is 4.79 Å². The number of aliphatic hydroxyl groups excluding tert-OH is 1. The molecular weight excluding hydrogens is 742 g/mol. The van der Waals surface area contributed by atoms with Gasteiger partial charge in [0.15, 0.2) is 0 Å². The van der Waals surface area contributed by atoms with E-state index in [1.54, 1.807) is 31.4 Å². The minimum atomic E-state index is -1.05. The van der Waals surface area contributed by atoms with Crippen molar-refractivity contribution >= 4 is 23.6 Å². The molecule has 0 saturated carbocycles. The number of ether oxygens (including phenoxy) is 2. The third kappa shape index (κ3) is 10.1. The maximum atomic E-state index is 12.1. The average molecular weight is 788 g/mol. The molecule has 6 rings (SSSR count). The Balaban J connectivity index is 1.22. The van der Waals surface area contributed by atoms with Crippen LogP contribution < -0.4 is 25.4 Å². The van der Waals surface area contributed by atoms with Crippen LogP contribution in [-0.2, 0) is 31.0 Å². The number of fused-ring (bicyclic) bond motifs is 1. The molecule has 2 heterocycles. The molecule has 0 fully saturated rings. The van der Waals surface area contributed by atoms with Crippen LogP contribution in [-0.4, -0.2) is 46.9 Å². The van der Waals surface area contributed by atoms with Crippen LogP contribution >= 0.6 is 11.6 Å². The Morgan fingerprint density at radius 2 is 1.72 bits per heavy atom. The Morgan fingerprint density at radius 3 is 2.49 bits per heavy atom. The molecule has 2 amide bonds. The Morgan fingerprint density at radius 1 is 0.965 bits per heavy atom. The summed E-state index contributed by atoms with van der Waals surface area (Å²) >= 11 is 6.80. The zero-order valence-corrected chi connectivity index (χ0v) is 33.0. The third-order valence-electron chi connectivity index (χ3n) is 10.3. The number of aliphatic carboxylic acids is 1. The number of pyridine rings is 1. The van der Waals surface area contributed by atoms with Gasteiger partial charge in [0, 0.05) is 44.2 Å². The van der Waals surface area contributed by atoms with Gasteiger partial charge in [-0.1, -0.05) is 60.1 Å². The molecule has 5 aromatic rings. The number of nitrogens with one attached hydrogen (secondary N) is 3. The summed E-state index contributed by atoms with van der Waals surface area (Å²) in [7, 11) is 1.61. The first-order valence-electron chi connectivity index (χ1n) is 18.9. The standard InChI is InChI=1S/C45H46ClN5O6/c1-27-33(8-5-11-37(27)38-12-6-10-36(28(38)2)31-13-14-39-34(16-31)23-50-24-41(39)51-45(55)48-3)26-57-43-19-42(56-25-30-15-29(20-47)21-49-22-30)32(17-40(43)46)7-4-9-35(52)18-44(53)54/h5-6,8,10-17,19,21-22,35,41,50,52H,4,7,9,18,23-26H2,1-3H3,(H,53,54)(H2,48,51,55)/t35-,41?/m1/s1. The van der Waals surface area contributed by atoms with Crippen LogP contribution in [0.3, 0.4) is 0 Å². The second kappa shape index (κ2) is 18.8. The zero-order chi connectivity index (χ0) is 40.5. The lowest BCUT2D eigenvalue weighted by molar-refractivity contribution is -0.139. The van der Waals surface area contributed by atoms with Crippen molar-refractivity contribution in [2.24, 2.45) is 0 Å². The largest absolute Gasteiger partial charge is 0.488 e. The molecule has 0 aliphatic carbocycles. The highest BCUT2D eigenvalue weighted by atomic mass is 35.5. The molecule has 0 radical (unpaired) electrons. The van der Waals surface area contributed by atoms with E-state index in [2.05, 4.69) is 83.3 Å². The van der Waals surface area contributed by atoms with E-state index in [4.69, 9.17) is 26.2 Å². The molecule has 294 valence electrons. The van der Waals surface area contributed by atoms with Crippen LogP contribution in [0.1, 0.15) is 69.8 Å². The first-order valence-corrected chi connectivity index (χ1v) is 19.2. The topological polar surface area (TPSA) is 166 Å². The van der Waals surface area contributed by atoms with Gasteiger partial charge in [0.2, 0.25) is 0 Å². The summed E-state index contributed by atoms with van der Waals surface area (Å²) in [6.07, 6.45) is 3.15. The number of aromatic nitrogens is 1. The number of nitrogens with zero attached hydrogens (tertiary/aromatic N) is 2. The number of carboxylic acids is 1. The SMILES string of the molecule is CNC(=O)NC1CNCc2cc(-c3cccc(-c4cccc(COc5cc(OCc6cncc(C#N)c6)c(CCC[C@@H](O)CC(=O)O)cc5Cl)c4C)c3C)ccc21. The first kappa shape index (κ1) is 40.7. The van der Waals surface area contributed by atoms with Crippen LogP contribution in [0.5, 0.6) is 11.5 Å². The molecule has 11 nitrogen and oxygen atoms in total. The predicted molar refractivity (Wildman–Crippen MR) is 219 cm³/mol. The molecule has 0 spiro atoms. The zero-order valence-electron chi connectivity index (χ0n) is 32.2. The summed E-state index contributed by atoms with van der Waals surface area (Å²) in [4.78, 5) is 27.2. The van der Waals surface area contributed by atoms with Crippen LogP contribution in [0, 0.1) is 25.2 Å². The van der Waals surface area contributed by atoms with Crippen molar-refractivity contribution in [1.82, 2.24) is 20.9 Å². The van der Waals surface area contributed by atoms with Crippen molar-refractivity contribution in [3.63, 3.8) is 0 Å². The van der Waals surface area contributed by atoms with Gasteiger partial charge in [-0.15, -0.1) is 0 Å². The molecule has 4 aromatic carbocycles. The van der Waals surface area contributed by atoms with E-state index in [9.17, 15) is 20.0 Å². The summed E-state index contributed by atoms with van der Waals surface area (Å²) in [5.41, 5.74) is 11.8. The molecule has 57 heavy (non-hydrogen) atoms. The van der Waals surface area contributed by atoms with Gasteiger partial charge in [0.25, 0.3) is 0 Å². The second-order valence-corrected chi connectivity index (χ2v) is 14.6. The number of amides is 2. The number of carbonyl (C=O) groups is 2. The van der Waals surface area contributed by atoms with Gasteiger partial charge in [0.1, 0.15) is 30.8 Å². The number of halogens is 1. The van der Waals surface area contributed by atoms with Gasteiger partial charge < -0.3 is 35.6 Å². The summed E-state index contributed by atoms with van der Waals surface area (Å²) in [6, 6.07) is 26.0. The fourth-order valence-electron chi connectivity index (χ4n) is 7.25. The van der Waals surface area contributed by atoms with Crippen molar-refractivity contribution in [1.29, 1.82) is 5.26 Å². The van der Waals surface area contributed by atoms with E-state index in [0.29, 0.717) is 53.5 Å². The van der Waals surface area contributed by atoms with Crippen molar-refractivity contribution in [2.75, 3.05) is 13.6 Å². The number of benzene rings is 4. The van der Waals surface area contributed by atoms with E-state index in [-0.39, 0.29) is 31.7 Å². The lowest BCUT2D eigenvalue weighted by Crippen LogP contribution is -2.42. The molecule has 1 aromatic heterocycles. The van der Waals surface area contributed by atoms with Gasteiger partial charge in [-0.2, -0.15) is 5.26 Å². The Hall–Kier alpha value is -5.93. The maximum Gasteiger partial charge on any atom is 0.315 e. The third-order valence-corrected chi connectivity index (χ3v) is 10.6. The van der Waals surface area contributed by atoms with E-state index < -0.39 is 12.1 Å². The van der Waals surface area contributed by atoms with Gasteiger partial charge in [-0.25, -0.2) is 4.79 Å². The van der Waals surface area contributed by atoms with E-state index in [1.807, 2.05) is 12.1 Å². The number of nitriles is 1. The quantitative estimate of drug-likeness (QED) is 0.0708. The molecule has 1 aliphatic heterocycles. The molecule has 12 heteroatoms. The van der Waals surface area contributed by atoms with Gasteiger partial charge in [-0.3, -0.25) is 9.78 Å². The number of carbonyl (C=O) groups excluding carboxylic acids is 1. The van der Waals surface area contributed by atoms with Crippen molar-refractivity contribution < 1.29 is 29.3 Å². The Bertz CT molecular complexity index is 2310. The number of hydrogen-bond donors (Lipinski definition) is 5. The fraction of sp³-hybridized carbons (Fsp3) is 0.289. The summed E-state index contributed by atoms with van der Waals surface area (Å²) in [5, 5.41) is 37.9. The van der Waals surface area contributed by atoms with Crippen LogP contribution in [0.25, 0.3) is 22.3 Å². The minimum Gasteiger partial charge on any atom is -0.488 e. The Labute approximate surface area is 337 Å². The molecule has 1 aliphatic rings. The smallest absolute Gasteiger partial charge is 0.315 e. The number of hydrogen-bond acceptors (Lipinski definition) is 8. The number of carboxylic acid groups (broad SMARTS) is 1. The first-order chi connectivity index (χ1) is 27.5.